The first-order chi connectivity index (χ1) is 10.1. The second-order valence-electron chi connectivity index (χ2n) is 5.16. The molecule has 0 aliphatic carbocycles. The summed E-state index contributed by atoms with van der Waals surface area (Å²) in [5.41, 5.74) is 1.87. The predicted octanol–water partition coefficient (Wildman–Crippen LogP) is 0.207. The third kappa shape index (κ3) is 5.99. The van der Waals surface area contributed by atoms with Crippen LogP contribution in [0.5, 0.6) is 0 Å². The molecule has 2 N–H and O–H groups in total. The summed E-state index contributed by atoms with van der Waals surface area (Å²) < 4.78 is 0. The Morgan fingerprint density at radius 2 is 2.00 bits per heavy atom. The second kappa shape index (κ2) is 8.31. The second-order valence-corrected chi connectivity index (χ2v) is 6.11. The molecule has 21 heavy (non-hydrogen) atoms. The normalized spacial score (nSPS) is 15.9. The van der Waals surface area contributed by atoms with Crippen molar-refractivity contribution in [1.82, 2.24) is 25.5 Å². The van der Waals surface area contributed by atoms with Crippen LogP contribution in [0, 0.1) is 13.8 Å². The lowest BCUT2D eigenvalue weighted by Crippen LogP contribution is -2.46. The topological polar surface area (TPSA) is 70.2 Å². The van der Waals surface area contributed by atoms with Crippen LogP contribution in [0.2, 0.25) is 0 Å². The fourth-order valence-corrected chi connectivity index (χ4v) is 3.01. The van der Waals surface area contributed by atoms with Gasteiger partial charge in [0.25, 0.3) is 0 Å². The maximum absolute atomic E-state index is 11.8. The first kappa shape index (κ1) is 16.2. The molecule has 2 heterocycles. The quantitative estimate of drug-likeness (QED) is 0.578. The monoisotopic (exact) mass is 309 g/mol. The minimum atomic E-state index is 0.0397. The number of aryl methyl sites for hydroxylation is 2. The molecule has 7 heteroatoms. The number of piperazine rings is 1. The molecule has 1 aromatic rings. The molecule has 1 aliphatic heterocycles. The number of hydrogen-bond donors (Lipinski definition) is 2. The van der Waals surface area contributed by atoms with Crippen LogP contribution in [0.1, 0.15) is 11.4 Å². The zero-order valence-corrected chi connectivity index (χ0v) is 13.5. The molecular formula is C14H23N5OS. The highest BCUT2D eigenvalue weighted by atomic mass is 32.2. The predicted molar refractivity (Wildman–Crippen MR) is 84.5 cm³/mol. The highest BCUT2D eigenvalue weighted by molar-refractivity contribution is 7.99. The molecule has 0 unspecified atom stereocenters. The molecule has 1 saturated heterocycles. The number of thioether (sulfide) groups is 1. The molecule has 1 fully saturated rings. The third-order valence-electron chi connectivity index (χ3n) is 3.25. The average Bonchev–Trinajstić information content (AvgIpc) is 2.45. The average molecular weight is 309 g/mol. The molecule has 0 spiro atoms. The molecule has 0 aromatic carbocycles. The minimum Gasteiger partial charge on any atom is -0.354 e. The first-order valence-corrected chi connectivity index (χ1v) is 8.27. The smallest absolute Gasteiger partial charge is 0.230 e. The Balaban J connectivity index is 1.65. The third-order valence-corrected chi connectivity index (χ3v) is 4.10. The zero-order valence-electron chi connectivity index (χ0n) is 12.7. The van der Waals surface area contributed by atoms with E-state index in [0.717, 1.165) is 44.1 Å². The van der Waals surface area contributed by atoms with E-state index in [4.69, 9.17) is 0 Å². The van der Waals surface area contributed by atoms with Crippen molar-refractivity contribution in [3.8, 4) is 0 Å². The fourth-order valence-electron chi connectivity index (χ4n) is 2.23. The minimum absolute atomic E-state index is 0.0397. The molecule has 0 atom stereocenters. The van der Waals surface area contributed by atoms with E-state index in [-0.39, 0.29) is 5.91 Å². The van der Waals surface area contributed by atoms with Crippen molar-refractivity contribution < 1.29 is 4.79 Å². The van der Waals surface area contributed by atoms with Crippen molar-refractivity contribution in [3.05, 3.63) is 17.5 Å². The maximum atomic E-state index is 11.8. The van der Waals surface area contributed by atoms with Crippen molar-refractivity contribution in [2.75, 3.05) is 45.0 Å². The van der Waals surface area contributed by atoms with Gasteiger partial charge in [0.15, 0.2) is 5.16 Å². The fraction of sp³-hybridized carbons (Fsp3) is 0.643. The molecular weight excluding hydrogens is 286 g/mol. The summed E-state index contributed by atoms with van der Waals surface area (Å²) in [6.45, 7) is 9.67. The van der Waals surface area contributed by atoms with Gasteiger partial charge >= 0.3 is 0 Å². The molecule has 6 nitrogen and oxygen atoms in total. The molecule has 1 aromatic heterocycles. The Morgan fingerprint density at radius 1 is 1.33 bits per heavy atom. The van der Waals surface area contributed by atoms with Gasteiger partial charge in [-0.05, 0) is 19.9 Å². The number of rotatable bonds is 6. The number of nitrogens with one attached hydrogen (secondary N) is 2. The van der Waals surface area contributed by atoms with E-state index in [9.17, 15) is 4.79 Å². The van der Waals surface area contributed by atoms with Gasteiger partial charge in [-0.3, -0.25) is 9.69 Å². The van der Waals surface area contributed by atoms with Gasteiger partial charge in [-0.15, -0.1) is 0 Å². The summed E-state index contributed by atoms with van der Waals surface area (Å²) in [6.07, 6.45) is 0. The van der Waals surface area contributed by atoms with Gasteiger partial charge < -0.3 is 10.6 Å². The van der Waals surface area contributed by atoms with Crippen LogP contribution >= 0.6 is 11.8 Å². The highest BCUT2D eigenvalue weighted by Gasteiger charge is 2.10. The zero-order chi connectivity index (χ0) is 15.1. The molecule has 116 valence electrons. The first-order valence-electron chi connectivity index (χ1n) is 7.28. The molecule has 2 rings (SSSR count). The Morgan fingerprint density at radius 3 is 2.67 bits per heavy atom. The summed E-state index contributed by atoms with van der Waals surface area (Å²) >= 11 is 1.39. The SMILES string of the molecule is Cc1cc(C)nc(SCC(=O)NCCN2CCNCC2)n1. The summed E-state index contributed by atoms with van der Waals surface area (Å²) in [5.74, 6) is 0.405. The van der Waals surface area contributed by atoms with Gasteiger partial charge in [0, 0.05) is 50.7 Å². The molecule has 1 amide bonds. The van der Waals surface area contributed by atoms with E-state index >= 15 is 0 Å². The van der Waals surface area contributed by atoms with Crippen LogP contribution in [-0.4, -0.2) is 65.8 Å². The standard InChI is InChI=1S/C14H23N5OS/c1-11-9-12(2)18-14(17-11)21-10-13(20)16-5-8-19-6-3-15-4-7-19/h9,15H,3-8,10H2,1-2H3,(H,16,20). The van der Waals surface area contributed by atoms with E-state index in [2.05, 4.69) is 25.5 Å². The van der Waals surface area contributed by atoms with Crippen LogP contribution in [0.3, 0.4) is 0 Å². The van der Waals surface area contributed by atoms with Gasteiger partial charge in [-0.25, -0.2) is 9.97 Å². The van der Waals surface area contributed by atoms with Gasteiger partial charge in [0.2, 0.25) is 5.91 Å². The number of carbonyl (C=O) groups is 1. The maximum Gasteiger partial charge on any atom is 0.230 e. The Labute approximate surface area is 130 Å². The van der Waals surface area contributed by atoms with E-state index < -0.39 is 0 Å². The number of carbonyl (C=O) groups excluding carboxylic acids is 1. The Bertz CT molecular complexity index is 456. The number of amides is 1. The van der Waals surface area contributed by atoms with E-state index in [0.29, 0.717) is 17.5 Å². The summed E-state index contributed by atoms with van der Waals surface area (Å²) in [4.78, 5) is 22.8. The van der Waals surface area contributed by atoms with Crippen molar-refractivity contribution in [2.45, 2.75) is 19.0 Å². The molecule has 0 radical (unpaired) electrons. The number of nitrogens with zero attached hydrogens (tertiary/aromatic N) is 3. The van der Waals surface area contributed by atoms with Crippen molar-refractivity contribution >= 4 is 17.7 Å². The molecule has 1 aliphatic rings. The Kier molecular flexibility index (Phi) is 6.41. The van der Waals surface area contributed by atoms with Crippen LogP contribution in [-0.2, 0) is 4.79 Å². The highest BCUT2D eigenvalue weighted by Crippen LogP contribution is 2.13. The number of hydrogen-bond acceptors (Lipinski definition) is 6. The van der Waals surface area contributed by atoms with Crippen molar-refractivity contribution in [1.29, 1.82) is 0 Å². The largest absolute Gasteiger partial charge is 0.354 e. The van der Waals surface area contributed by atoms with E-state index in [1.54, 1.807) is 0 Å². The van der Waals surface area contributed by atoms with Gasteiger partial charge in [0.1, 0.15) is 0 Å². The van der Waals surface area contributed by atoms with Crippen LogP contribution in [0.25, 0.3) is 0 Å². The van der Waals surface area contributed by atoms with E-state index in [1.165, 1.54) is 11.8 Å². The van der Waals surface area contributed by atoms with Crippen LogP contribution < -0.4 is 10.6 Å². The van der Waals surface area contributed by atoms with Crippen LogP contribution in [0.15, 0.2) is 11.2 Å². The summed E-state index contributed by atoms with van der Waals surface area (Å²) in [7, 11) is 0. The van der Waals surface area contributed by atoms with E-state index in [1.807, 2.05) is 19.9 Å². The van der Waals surface area contributed by atoms with Gasteiger partial charge in [-0.2, -0.15) is 0 Å². The molecule has 0 bridgehead atoms. The van der Waals surface area contributed by atoms with Crippen molar-refractivity contribution in [2.24, 2.45) is 0 Å². The summed E-state index contributed by atoms with van der Waals surface area (Å²) in [5, 5.41) is 6.94. The lowest BCUT2D eigenvalue weighted by Gasteiger charge is -2.27. The van der Waals surface area contributed by atoms with Crippen molar-refractivity contribution in [3.63, 3.8) is 0 Å². The summed E-state index contributed by atoms with van der Waals surface area (Å²) in [6, 6.07) is 1.93. The van der Waals surface area contributed by atoms with Gasteiger partial charge in [-0.1, -0.05) is 11.8 Å². The van der Waals surface area contributed by atoms with Crippen LogP contribution in [0.4, 0.5) is 0 Å². The molecule has 0 saturated carbocycles. The lowest BCUT2D eigenvalue weighted by molar-refractivity contribution is -0.118. The number of aromatic nitrogens is 2. The van der Waals surface area contributed by atoms with Gasteiger partial charge in [0.05, 0.1) is 5.75 Å². The Hall–Kier alpha value is -1.18. The lowest BCUT2D eigenvalue weighted by atomic mass is 10.3.